The third kappa shape index (κ3) is 4.67. The van der Waals surface area contributed by atoms with E-state index in [4.69, 9.17) is 0 Å². The fourth-order valence-corrected chi connectivity index (χ4v) is 2.38. The summed E-state index contributed by atoms with van der Waals surface area (Å²) < 4.78 is 0. The lowest BCUT2D eigenvalue weighted by molar-refractivity contribution is 0.485. The van der Waals surface area contributed by atoms with Gasteiger partial charge in [-0.1, -0.05) is 66.7 Å². The summed E-state index contributed by atoms with van der Waals surface area (Å²) in [6, 6.07) is 21.7. The number of unbranched alkanes of at least 4 members (excludes halogenated alkanes) is 1. The highest BCUT2D eigenvalue weighted by molar-refractivity contribution is 5.20. The summed E-state index contributed by atoms with van der Waals surface area (Å²) in [5, 5.41) is 3.68. The van der Waals surface area contributed by atoms with Crippen molar-refractivity contribution in [1.29, 1.82) is 0 Å². The first-order valence-electron chi connectivity index (χ1n) is 7.33. The lowest BCUT2D eigenvalue weighted by Gasteiger charge is -2.19. The van der Waals surface area contributed by atoms with Gasteiger partial charge in [0.2, 0.25) is 0 Å². The molecule has 1 atom stereocenters. The third-order valence-corrected chi connectivity index (χ3v) is 3.50. The smallest absolute Gasteiger partial charge is 0.0323 e. The Morgan fingerprint density at radius 2 is 1.60 bits per heavy atom. The molecule has 2 aromatic rings. The van der Waals surface area contributed by atoms with Crippen LogP contribution in [0.2, 0.25) is 0 Å². The van der Waals surface area contributed by atoms with Gasteiger partial charge in [-0.05, 0) is 30.4 Å². The molecule has 1 N–H and O–H groups in total. The van der Waals surface area contributed by atoms with E-state index in [1.54, 1.807) is 0 Å². The van der Waals surface area contributed by atoms with E-state index in [2.05, 4.69) is 72.6 Å². The van der Waals surface area contributed by atoms with Crippen molar-refractivity contribution >= 4 is 0 Å². The predicted octanol–water partition coefficient (Wildman–Crippen LogP) is 4.87. The highest BCUT2D eigenvalue weighted by atomic mass is 14.9. The van der Waals surface area contributed by atoms with Gasteiger partial charge in [-0.25, -0.2) is 0 Å². The van der Waals surface area contributed by atoms with Gasteiger partial charge in [-0.3, -0.25) is 0 Å². The Bertz CT molecular complexity index is 490. The van der Waals surface area contributed by atoms with Crippen molar-refractivity contribution in [1.82, 2.24) is 5.32 Å². The van der Waals surface area contributed by atoms with Crippen LogP contribution in [-0.4, -0.2) is 0 Å². The molecule has 1 nitrogen and oxygen atoms in total. The molecule has 0 saturated heterocycles. The molecule has 0 aliphatic carbocycles. The third-order valence-electron chi connectivity index (χ3n) is 3.50. The number of allylic oxidation sites excluding steroid dienone is 1. The van der Waals surface area contributed by atoms with Crippen LogP contribution in [0.4, 0.5) is 0 Å². The molecular formula is C19H23N. The Balaban J connectivity index is 1.97. The highest BCUT2D eigenvalue weighted by Crippen LogP contribution is 2.20. The minimum Gasteiger partial charge on any atom is -0.306 e. The van der Waals surface area contributed by atoms with Gasteiger partial charge < -0.3 is 5.32 Å². The Morgan fingerprint density at radius 3 is 2.25 bits per heavy atom. The van der Waals surface area contributed by atoms with Crippen molar-refractivity contribution in [3.8, 4) is 0 Å². The number of hydrogen-bond donors (Lipinski definition) is 1. The second kappa shape index (κ2) is 8.34. The van der Waals surface area contributed by atoms with E-state index in [0.29, 0.717) is 6.04 Å². The van der Waals surface area contributed by atoms with Crippen LogP contribution < -0.4 is 5.32 Å². The quantitative estimate of drug-likeness (QED) is 0.530. The zero-order valence-corrected chi connectivity index (χ0v) is 12.0. The second-order valence-corrected chi connectivity index (χ2v) is 5.05. The van der Waals surface area contributed by atoms with Crippen LogP contribution in [0.15, 0.2) is 73.3 Å². The van der Waals surface area contributed by atoms with Crippen LogP contribution in [0, 0.1) is 0 Å². The highest BCUT2D eigenvalue weighted by Gasteiger charge is 2.09. The Kier molecular flexibility index (Phi) is 6.07. The molecule has 0 spiro atoms. The molecule has 1 unspecified atom stereocenters. The van der Waals surface area contributed by atoms with Gasteiger partial charge in [-0.15, -0.1) is 6.58 Å². The van der Waals surface area contributed by atoms with E-state index >= 15 is 0 Å². The zero-order chi connectivity index (χ0) is 14.0. The number of benzene rings is 2. The van der Waals surface area contributed by atoms with Crippen molar-refractivity contribution in [3.63, 3.8) is 0 Å². The SMILES string of the molecule is C=CCCCC(NCc1ccccc1)c1ccccc1. The van der Waals surface area contributed by atoms with Gasteiger partial charge in [0.15, 0.2) is 0 Å². The molecule has 0 aliphatic heterocycles. The van der Waals surface area contributed by atoms with E-state index in [9.17, 15) is 0 Å². The van der Waals surface area contributed by atoms with Crippen molar-refractivity contribution < 1.29 is 0 Å². The molecule has 20 heavy (non-hydrogen) atoms. The maximum absolute atomic E-state index is 3.80. The molecule has 0 aliphatic rings. The first-order valence-corrected chi connectivity index (χ1v) is 7.33. The van der Waals surface area contributed by atoms with Gasteiger partial charge in [0.1, 0.15) is 0 Å². The molecule has 0 heterocycles. The summed E-state index contributed by atoms with van der Waals surface area (Å²) in [4.78, 5) is 0. The molecule has 104 valence electrons. The molecular weight excluding hydrogens is 242 g/mol. The van der Waals surface area contributed by atoms with Crippen molar-refractivity contribution in [3.05, 3.63) is 84.4 Å². The Labute approximate surface area is 122 Å². The first-order chi connectivity index (χ1) is 9.90. The topological polar surface area (TPSA) is 12.0 Å². The van der Waals surface area contributed by atoms with E-state index in [1.807, 2.05) is 6.08 Å². The normalized spacial score (nSPS) is 12.0. The second-order valence-electron chi connectivity index (χ2n) is 5.05. The minimum absolute atomic E-state index is 0.413. The average Bonchev–Trinajstić information content (AvgIpc) is 2.52. The van der Waals surface area contributed by atoms with E-state index in [-0.39, 0.29) is 0 Å². The van der Waals surface area contributed by atoms with Gasteiger partial charge >= 0.3 is 0 Å². The number of rotatable bonds is 8. The van der Waals surface area contributed by atoms with Crippen molar-refractivity contribution in [2.75, 3.05) is 0 Å². The summed E-state index contributed by atoms with van der Waals surface area (Å²) in [6.07, 6.45) is 5.39. The average molecular weight is 265 g/mol. The van der Waals surface area contributed by atoms with Crippen LogP contribution in [-0.2, 0) is 6.54 Å². The van der Waals surface area contributed by atoms with E-state index in [0.717, 1.165) is 19.4 Å². The van der Waals surface area contributed by atoms with Gasteiger partial charge in [-0.2, -0.15) is 0 Å². The first kappa shape index (κ1) is 14.5. The summed E-state index contributed by atoms with van der Waals surface area (Å²) >= 11 is 0. The maximum Gasteiger partial charge on any atom is 0.0323 e. The van der Waals surface area contributed by atoms with Crippen LogP contribution in [0.25, 0.3) is 0 Å². The molecule has 0 amide bonds. The summed E-state index contributed by atoms with van der Waals surface area (Å²) in [5.74, 6) is 0. The predicted molar refractivity (Wildman–Crippen MR) is 86.5 cm³/mol. The fraction of sp³-hybridized carbons (Fsp3) is 0.263. The molecule has 0 saturated carbocycles. The summed E-state index contributed by atoms with van der Waals surface area (Å²) in [7, 11) is 0. The van der Waals surface area contributed by atoms with Crippen molar-refractivity contribution in [2.24, 2.45) is 0 Å². The summed E-state index contributed by atoms with van der Waals surface area (Å²) in [6.45, 7) is 4.71. The monoisotopic (exact) mass is 265 g/mol. The Morgan fingerprint density at radius 1 is 0.950 bits per heavy atom. The Hall–Kier alpha value is -1.86. The van der Waals surface area contributed by atoms with Gasteiger partial charge in [0.25, 0.3) is 0 Å². The standard InChI is InChI=1S/C19H23N/c1-2-3-6-15-19(18-13-9-5-10-14-18)20-16-17-11-7-4-8-12-17/h2,4-5,7-14,19-20H,1,3,6,15-16H2. The van der Waals surface area contributed by atoms with E-state index < -0.39 is 0 Å². The summed E-state index contributed by atoms with van der Waals surface area (Å²) in [5.41, 5.74) is 2.70. The largest absolute Gasteiger partial charge is 0.306 e. The molecule has 1 heteroatoms. The number of nitrogens with one attached hydrogen (secondary N) is 1. The fourth-order valence-electron chi connectivity index (χ4n) is 2.38. The lowest BCUT2D eigenvalue weighted by Crippen LogP contribution is -2.20. The lowest BCUT2D eigenvalue weighted by atomic mass is 10.0. The molecule has 0 fully saturated rings. The van der Waals surface area contributed by atoms with Gasteiger partial charge in [0, 0.05) is 12.6 Å². The van der Waals surface area contributed by atoms with Crippen LogP contribution in [0.3, 0.4) is 0 Å². The van der Waals surface area contributed by atoms with Gasteiger partial charge in [0.05, 0.1) is 0 Å². The zero-order valence-electron chi connectivity index (χ0n) is 12.0. The molecule has 0 bridgehead atoms. The molecule has 0 aromatic heterocycles. The molecule has 2 rings (SSSR count). The van der Waals surface area contributed by atoms with Crippen LogP contribution in [0.1, 0.15) is 36.4 Å². The maximum atomic E-state index is 3.80. The van der Waals surface area contributed by atoms with E-state index in [1.165, 1.54) is 17.5 Å². The van der Waals surface area contributed by atoms with Crippen LogP contribution >= 0.6 is 0 Å². The van der Waals surface area contributed by atoms with Crippen molar-refractivity contribution in [2.45, 2.75) is 31.8 Å². The molecule has 2 aromatic carbocycles. The number of hydrogen-bond acceptors (Lipinski definition) is 1. The molecule has 0 radical (unpaired) electrons. The minimum atomic E-state index is 0.413. The van der Waals surface area contributed by atoms with Crippen LogP contribution in [0.5, 0.6) is 0 Å².